The second-order valence-corrected chi connectivity index (χ2v) is 7.51. The second-order valence-electron chi connectivity index (χ2n) is 4.61. The van der Waals surface area contributed by atoms with Gasteiger partial charge in [-0.3, -0.25) is 0 Å². The van der Waals surface area contributed by atoms with Crippen molar-refractivity contribution >= 4 is 31.6 Å². The highest BCUT2D eigenvalue weighted by Crippen LogP contribution is 2.25. The monoisotopic (exact) mass is 370 g/mol. The highest BCUT2D eigenvalue weighted by atomic mass is 79.9. The standard InChI is InChI=1S/C14H15BrN2O3S/c1-17(9-10-3-2-4-11(18)7-10)21(19,20)12-5-6-14(16)13(15)8-12/h2-8,18H,9,16H2,1H3. The van der Waals surface area contributed by atoms with Crippen LogP contribution in [-0.4, -0.2) is 24.9 Å². The van der Waals surface area contributed by atoms with E-state index in [-0.39, 0.29) is 17.2 Å². The minimum atomic E-state index is -3.62. The van der Waals surface area contributed by atoms with Gasteiger partial charge in [-0.1, -0.05) is 12.1 Å². The van der Waals surface area contributed by atoms with Crippen molar-refractivity contribution in [3.63, 3.8) is 0 Å². The minimum Gasteiger partial charge on any atom is -0.508 e. The van der Waals surface area contributed by atoms with E-state index in [0.717, 1.165) is 0 Å². The summed E-state index contributed by atoms with van der Waals surface area (Å²) < 4.78 is 26.7. The van der Waals surface area contributed by atoms with Crippen LogP contribution in [0.2, 0.25) is 0 Å². The fraction of sp³-hybridized carbons (Fsp3) is 0.143. The summed E-state index contributed by atoms with van der Waals surface area (Å²) in [5.41, 5.74) is 6.85. The summed E-state index contributed by atoms with van der Waals surface area (Å²) in [6.45, 7) is 0.165. The molecular formula is C14H15BrN2O3S. The Kier molecular flexibility index (Phi) is 4.55. The second kappa shape index (κ2) is 6.05. The summed E-state index contributed by atoms with van der Waals surface area (Å²) in [4.78, 5) is 0.159. The van der Waals surface area contributed by atoms with Gasteiger partial charge in [-0.25, -0.2) is 8.42 Å². The number of rotatable bonds is 4. The predicted molar refractivity (Wildman–Crippen MR) is 85.3 cm³/mol. The van der Waals surface area contributed by atoms with Gasteiger partial charge < -0.3 is 10.8 Å². The topological polar surface area (TPSA) is 83.6 Å². The van der Waals surface area contributed by atoms with Gasteiger partial charge in [-0.15, -0.1) is 0 Å². The summed E-state index contributed by atoms with van der Waals surface area (Å²) in [7, 11) is -2.13. The van der Waals surface area contributed by atoms with Crippen molar-refractivity contribution in [2.75, 3.05) is 12.8 Å². The first-order valence-corrected chi connectivity index (χ1v) is 8.33. The fourth-order valence-corrected chi connectivity index (χ4v) is 3.56. The molecule has 0 bridgehead atoms. The molecule has 0 heterocycles. The van der Waals surface area contributed by atoms with Crippen molar-refractivity contribution in [2.45, 2.75) is 11.4 Å². The third-order valence-electron chi connectivity index (χ3n) is 3.00. The molecule has 0 atom stereocenters. The van der Waals surface area contributed by atoms with Crippen molar-refractivity contribution in [3.8, 4) is 5.75 Å². The minimum absolute atomic E-state index is 0.105. The molecule has 0 saturated heterocycles. The van der Waals surface area contributed by atoms with Gasteiger partial charge in [0.15, 0.2) is 0 Å². The smallest absolute Gasteiger partial charge is 0.243 e. The van der Waals surface area contributed by atoms with Crippen LogP contribution < -0.4 is 5.73 Å². The molecule has 0 aliphatic heterocycles. The number of nitrogens with zero attached hydrogens (tertiary/aromatic N) is 1. The number of hydrogen-bond acceptors (Lipinski definition) is 4. The predicted octanol–water partition coefficient (Wildman–Crippen LogP) is 2.56. The highest BCUT2D eigenvalue weighted by Gasteiger charge is 2.21. The highest BCUT2D eigenvalue weighted by molar-refractivity contribution is 9.10. The molecule has 2 rings (SSSR count). The number of halogens is 1. The number of sulfonamides is 1. The number of benzene rings is 2. The number of nitrogens with two attached hydrogens (primary N) is 1. The summed E-state index contributed by atoms with van der Waals surface area (Å²) in [6.07, 6.45) is 0. The fourth-order valence-electron chi connectivity index (χ4n) is 1.85. The first-order chi connectivity index (χ1) is 9.80. The Balaban J connectivity index is 2.28. The summed E-state index contributed by atoms with van der Waals surface area (Å²) in [5, 5.41) is 9.42. The molecule has 0 fully saturated rings. The van der Waals surface area contributed by atoms with Crippen molar-refractivity contribution in [1.82, 2.24) is 4.31 Å². The van der Waals surface area contributed by atoms with Crippen molar-refractivity contribution < 1.29 is 13.5 Å². The molecule has 0 amide bonds. The van der Waals surface area contributed by atoms with Crippen LogP contribution >= 0.6 is 15.9 Å². The lowest BCUT2D eigenvalue weighted by Gasteiger charge is -2.18. The number of phenolic OH excluding ortho intramolecular Hbond substituents is 1. The van der Waals surface area contributed by atoms with Gasteiger partial charge in [0.25, 0.3) is 0 Å². The van der Waals surface area contributed by atoms with Gasteiger partial charge in [0.05, 0.1) is 4.90 Å². The molecule has 0 aliphatic rings. The van der Waals surface area contributed by atoms with E-state index in [1.165, 1.54) is 35.6 Å². The first-order valence-electron chi connectivity index (χ1n) is 6.10. The van der Waals surface area contributed by atoms with E-state index >= 15 is 0 Å². The van der Waals surface area contributed by atoms with E-state index in [1.807, 2.05) is 0 Å². The number of phenols is 1. The third-order valence-corrected chi connectivity index (χ3v) is 5.48. The molecule has 2 aromatic rings. The van der Waals surface area contributed by atoms with E-state index in [1.54, 1.807) is 18.2 Å². The summed E-state index contributed by atoms with van der Waals surface area (Å²) >= 11 is 3.22. The summed E-state index contributed by atoms with van der Waals surface area (Å²) in [6, 6.07) is 11.0. The Morgan fingerprint density at radius 2 is 1.95 bits per heavy atom. The Labute approximate surface area is 132 Å². The van der Waals surface area contributed by atoms with Crippen LogP contribution in [0.25, 0.3) is 0 Å². The molecule has 112 valence electrons. The van der Waals surface area contributed by atoms with E-state index < -0.39 is 10.0 Å². The van der Waals surface area contributed by atoms with Gasteiger partial charge in [0.2, 0.25) is 10.0 Å². The van der Waals surface area contributed by atoms with Crippen molar-refractivity contribution in [1.29, 1.82) is 0 Å². The van der Waals surface area contributed by atoms with Gasteiger partial charge >= 0.3 is 0 Å². The van der Waals surface area contributed by atoms with Crippen molar-refractivity contribution in [2.24, 2.45) is 0 Å². The van der Waals surface area contributed by atoms with Gasteiger partial charge in [-0.05, 0) is 51.8 Å². The molecule has 0 aliphatic carbocycles. The Morgan fingerprint density at radius 1 is 1.24 bits per heavy atom. The van der Waals surface area contributed by atoms with Gasteiger partial charge in [-0.2, -0.15) is 4.31 Å². The zero-order chi connectivity index (χ0) is 15.6. The van der Waals surface area contributed by atoms with E-state index in [2.05, 4.69) is 15.9 Å². The Bertz CT molecular complexity index is 763. The number of aromatic hydroxyl groups is 1. The number of nitrogen functional groups attached to an aromatic ring is 1. The normalized spacial score (nSPS) is 11.8. The molecule has 21 heavy (non-hydrogen) atoms. The lowest BCUT2D eigenvalue weighted by atomic mass is 10.2. The Morgan fingerprint density at radius 3 is 2.57 bits per heavy atom. The van der Waals surface area contributed by atoms with Crippen LogP contribution in [0.1, 0.15) is 5.56 Å². The molecule has 0 saturated carbocycles. The van der Waals surface area contributed by atoms with Crippen molar-refractivity contribution in [3.05, 3.63) is 52.5 Å². The lowest BCUT2D eigenvalue weighted by Crippen LogP contribution is -2.26. The zero-order valence-electron chi connectivity index (χ0n) is 11.3. The maximum absolute atomic E-state index is 12.5. The van der Waals surface area contributed by atoms with Crippen LogP contribution in [-0.2, 0) is 16.6 Å². The molecule has 0 spiro atoms. The molecule has 3 N–H and O–H groups in total. The number of hydrogen-bond donors (Lipinski definition) is 2. The molecule has 7 heteroatoms. The maximum atomic E-state index is 12.5. The lowest BCUT2D eigenvalue weighted by molar-refractivity contribution is 0.458. The van der Waals surface area contributed by atoms with E-state index in [9.17, 15) is 13.5 Å². The van der Waals surface area contributed by atoms with Crippen LogP contribution in [0.3, 0.4) is 0 Å². The van der Waals surface area contributed by atoms with E-state index in [4.69, 9.17) is 5.73 Å². The quantitative estimate of drug-likeness (QED) is 0.810. The third kappa shape index (κ3) is 3.55. The van der Waals surface area contributed by atoms with E-state index in [0.29, 0.717) is 15.7 Å². The molecular weight excluding hydrogens is 356 g/mol. The average Bonchev–Trinajstić information content (AvgIpc) is 2.41. The number of anilines is 1. The first kappa shape index (κ1) is 15.8. The van der Waals surface area contributed by atoms with Crippen LogP contribution in [0, 0.1) is 0 Å². The largest absolute Gasteiger partial charge is 0.508 e. The molecule has 2 aromatic carbocycles. The molecule has 0 unspecified atom stereocenters. The molecule has 5 nitrogen and oxygen atoms in total. The van der Waals surface area contributed by atoms with Crippen LogP contribution in [0.5, 0.6) is 5.75 Å². The van der Waals surface area contributed by atoms with Gasteiger partial charge in [0.1, 0.15) is 5.75 Å². The Hall–Kier alpha value is -1.57. The molecule has 0 radical (unpaired) electrons. The summed E-state index contributed by atoms with van der Waals surface area (Å²) in [5.74, 6) is 0.105. The average molecular weight is 371 g/mol. The van der Waals surface area contributed by atoms with Gasteiger partial charge in [0, 0.05) is 23.8 Å². The van der Waals surface area contributed by atoms with Crippen LogP contribution in [0.4, 0.5) is 5.69 Å². The maximum Gasteiger partial charge on any atom is 0.243 e. The molecule has 0 aromatic heterocycles. The van der Waals surface area contributed by atoms with Crippen LogP contribution in [0.15, 0.2) is 51.8 Å². The zero-order valence-corrected chi connectivity index (χ0v) is 13.7. The SMILES string of the molecule is CN(Cc1cccc(O)c1)S(=O)(=O)c1ccc(N)c(Br)c1.